The predicted molar refractivity (Wildman–Crippen MR) is 120 cm³/mol. The predicted octanol–water partition coefficient (Wildman–Crippen LogP) is 3.85. The molecule has 1 N–H and O–H groups in total. The summed E-state index contributed by atoms with van der Waals surface area (Å²) < 4.78 is 32.3. The van der Waals surface area contributed by atoms with Gasteiger partial charge in [-0.05, 0) is 54.2 Å². The maximum Gasteiger partial charge on any atom is 0.317 e. The third kappa shape index (κ3) is 5.84. The topological polar surface area (TPSA) is 44.8 Å². The van der Waals surface area contributed by atoms with Crippen LogP contribution in [0.25, 0.3) is 0 Å². The van der Waals surface area contributed by atoms with E-state index in [1.807, 2.05) is 29.2 Å². The SMILES string of the molecule is O=C(NCCN1CCOCC1)N1CCC(C(c2ccc(F)cc2)c2ccc(F)cc2)CC1. The number of morpholine rings is 1. The van der Waals surface area contributed by atoms with Gasteiger partial charge in [0.05, 0.1) is 13.2 Å². The molecule has 172 valence electrons. The van der Waals surface area contributed by atoms with Crippen molar-refractivity contribution in [2.45, 2.75) is 18.8 Å². The molecule has 4 rings (SSSR count). The number of carbonyl (C=O) groups excluding carboxylic acids is 1. The summed E-state index contributed by atoms with van der Waals surface area (Å²) >= 11 is 0. The Balaban J connectivity index is 1.35. The van der Waals surface area contributed by atoms with E-state index in [9.17, 15) is 13.6 Å². The molecule has 0 radical (unpaired) electrons. The lowest BCUT2D eigenvalue weighted by molar-refractivity contribution is 0.0385. The lowest BCUT2D eigenvalue weighted by Gasteiger charge is -2.37. The van der Waals surface area contributed by atoms with Gasteiger partial charge in [0.1, 0.15) is 11.6 Å². The van der Waals surface area contributed by atoms with Crippen molar-refractivity contribution >= 4 is 6.03 Å². The van der Waals surface area contributed by atoms with Crippen molar-refractivity contribution in [2.24, 2.45) is 5.92 Å². The van der Waals surface area contributed by atoms with Crippen molar-refractivity contribution in [3.05, 3.63) is 71.3 Å². The molecule has 0 aliphatic carbocycles. The second-order valence-electron chi connectivity index (χ2n) is 8.59. The molecule has 2 fully saturated rings. The molecular weight excluding hydrogens is 412 g/mol. The Hall–Kier alpha value is -2.51. The number of nitrogens with zero attached hydrogens (tertiary/aromatic N) is 2. The zero-order chi connectivity index (χ0) is 22.3. The minimum Gasteiger partial charge on any atom is -0.379 e. The van der Waals surface area contributed by atoms with Gasteiger partial charge in [-0.15, -0.1) is 0 Å². The highest BCUT2D eigenvalue weighted by Gasteiger charge is 2.30. The monoisotopic (exact) mass is 443 g/mol. The van der Waals surface area contributed by atoms with E-state index in [4.69, 9.17) is 4.74 Å². The van der Waals surface area contributed by atoms with Gasteiger partial charge in [-0.3, -0.25) is 4.90 Å². The molecule has 2 aliphatic rings. The van der Waals surface area contributed by atoms with Gasteiger partial charge in [0.2, 0.25) is 0 Å². The number of hydrogen-bond acceptors (Lipinski definition) is 3. The Morgan fingerprint density at radius 2 is 1.44 bits per heavy atom. The van der Waals surface area contributed by atoms with Crippen LogP contribution in [0.5, 0.6) is 0 Å². The number of benzene rings is 2. The van der Waals surface area contributed by atoms with Gasteiger partial charge in [0.15, 0.2) is 0 Å². The van der Waals surface area contributed by atoms with E-state index in [0.29, 0.717) is 25.6 Å². The average Bonchev–Trinajstić information content (AvgIpc) is 2.83. The molecule has 32 heavy (non-hydrogen) atoms. The van der Waals surface area contributed by atoms with Crippen LogP contribution in [0.4, 0.5) is 13.6 Å². The third-order valence-electron chi connectivity index (χ3n) is 6.56. The Morgan fingerprint density at radius 1 is 0.906 bits per heavy atom. The van der Waals surface area contributed by atoms with Gasteiger partial charge < -0.3 is 15.0 Å². The Morgan fingerprint density at radius 3 is 1.97 bits per heavy atom. The highest BCUT2D eigenvalue weighted by Crippen LogP contribution is 2.38. The summed E-state index contributed by atoms with van der Waals surface area (Å²) in [7, 11) is 0. The summed E-state index contributed by atoms with van der Waals surface area (Å²) in [6.07, 6.45) is 1.69. The standard InChI is InChI=1S/C25H31F2N3O2/c26-22-5-1-19(2-6-22)24(20-3-7-23(27)8-4-20)21-9-12-30(13-10-21)25(31)28-11-14-29-15-17-32-18-16-29/h1-8,21,24H,9-18H2,(H,28,31). The van der Waals surface area contributed by atoms with E-state index in [1.165, 1.54) is 24.3 Å². The van der Waals surface area contributed by atoms with E-state index in [2.05, 4.69) is 10.2 Å². The second-order valence-corrected chi connectivity index (χ2v) is 8.59. The summed E-state index contributed by atoms with van der Waals surface area (Å²) in [5.74, 6) is -0.198. The summed E-state index contributed by atoms with van der Waals surface area (Å²) in [6, 6.07) is 13.1. The first-order valence-corrected chi connectivity index (χ1v) is 11.4. The molecule has 2 aromatic rings. The molecule has 2 amide bonds. The van der Waals surface area contributed by atoms with Crippen molar-refractivity contribution in [3.63, 3.8) is 0 Å². The largest absolute Gasteiger partial charge is 0.379 e. The minimum atomic E-state index is -0.268. The molecule has 2 aliphatic heterocycles. The van der Waals surface area contributed by atoms with Gasteiger partial charge in [0, 0.05) is 45.2 Å². The van der Waals surface area contributed by atoms with E-state index in [1.54, 1.807) is 0 Å². The van der Waals surface area contributed by atoms with Crippen LogP contribution < -0.4 is 5.32 Å². The van der Waals surface area contributed by atoms with Gasteiger partial charge in [-0.25, -0.2) is 13.6 Å². The number of nitrogens with one attached hydrogen (secondary N) is 1. The third-order valence-corrected chi connectivity index (χ3v) is 6.56. The van der Waals surface area contributed by atoms with Crippen LogP contribution in [0.3, 0.4) is 0 Å². The van der Waals surface area contributed by atoms with Crippen LogP contribution in [-0.2, 0) is 4.74 Å². The van der Waals surface area contributed by atoms with E-state index >= 15 is 0 Å². The number of amides is 2. The van der Waals surface area contributed by atoms with Crippen molar-refractivity contribution in [1.82, 2.24) is 15.1 Å². The number of halogens is 2. The molecule has 2 aromatic carbocycles. The number of rotatable bonds is 6. The maximum absolute atomic E-state index is 13.5. The van der Waals surface area contributed by atoms with Gasteiger partial charge >= 0.3 is 6.03 Å². The lowest BCUT2D eigenvalue weighted by atomic mass is 9.76. The first kappa shape index (κ1) is 22.7. The maximum atomic E-state index is 13.5. The van der Waals surface area contributed by atoms with E-state index in [0.717, 1.165) is 56.8 Å². The Kier molecular flexibility index (Phi) is 7.71. The van der Waals surface area contributed by atoms with Crippen molar-refractivity contribution < 1.29 is 18.3 Å². The number of urea groups is 1. The number of piperidine rings is 1. The molecule has 0 unspecified atom stereocenters. The van der Waals surface area contributed by atoms with E-state index < -0.39 is 0 Å². The minimum absolute atomic E-state index is 0.0168. The Bertz CT molecular complexity index is 816. The molecule has 0 aromatic heterocycles. The van der Waals surface area contributed by atoms with Crippen LogP contribution in [0.2, 0.25) is 0 Å². The Labute approximate surface area is 188 Å². The van der Waals surface area contributed by atoms with Gasteiger partial charge in [0.25, 0.3) is 0 Å². The summed E-state index contributed by atoms with van der Waals surface area (Å²) in [5, 5.41) is 3.04. The van der Waals surface area contributed by atoms with Crippen molar-refractivity contribution in [2.75, 3.05) is 52.5 Å². The van der Waals surface area contributed by atoms with Crippen LogP contribution in [0.15, 0.2) is 48.5 Å². The van der Waals surface area contributed by atoms with Gasteiger partial charge in [-0.2, -0.15) is 0 Å². The number of carbonyl (C=O) groups is 1. The van der Waals surface area contributed by atoms with Crippen LogP contribution in [0.1, 0.15) is 29.9 Å². The molecule has 2 saturated heterocycles. The number of likely N-dealkylation sites (tertiary alicyclic amines) is 1. The zero-order valence-electron chi connectivity index (χ0n) is 18.3. The molecule has 2 heterocycles. The molecule has 7 heteroatoms. The molecule has 0 atom stereocenters. The first-order valence-electron chi connectivity index (χ1n) is 11.4. The van der Waals surface area contributed by atoms with Gasteiger partial charge in [-0.1, -0.05) is 24.3 Å². The zero-order valence-corrected chi connectivity index (χ0v) is 18.3. The first-order chi connectivity index (χ1) is 15.6. The fraction of sp³-hybridized carbons (Fsp3) is 0.480. The van der Waals surface area contributed by atoms with Crippen LogP contribution in [-0.4, -0.2) is 68.3 Å². The molecule has 0 saturated carbocycles. The number of ether oxygens (including phenoxy) is 1. The average molecular weight is 444 g/mol. The highest BCUT2D eigenvalue weighted by molar-refractivity contribution is 5.74. The fourth-order valence-corrected chi connectivity index (χ4v) is 4.77. The molecular formula is C25H31F2N3O2. The van der Waals surface area contributed by atoms with Crippen LogP contribution in [0, 0.1) is 17.6 Å². The smallest absolute Gasteiger partial charge is 0.317 e. The quantitative estimate of drug-likeness (QED) is 0.738. The normalized spacial score (nSPS) is 18.2. The highest BCUT2D eigenvalue weighted by atomic mass is 19.1. The van der Waals surface area contributed by atoms with Crippen molar-refractivity contribution in [1.29, 1.82) is 0 Å². The second kappa shape index (κ2) is 10.9. The molecule has 0 spiro atoms. The van der Waals surface area contributed by atoms with Crippen LogP contribution >= 0.6 is 0 Å². The number of hydrogen-bond donors (Lipinski definition) is 1. The summed E-state index contributed by atoms with van der Waals surface area (Å²) in [4.78, 5) is 16.8. The van der Waals surface area contributed by atoms with E-state index in [-0.39, 0.29) is 23.6 Å². The summed E-state index contributed by atoms with van der Waals surface area (Å²) in [6.45, 7) is 6.15. The van der Waals surface area contributed by atoms with Crippen molar-refractivity contribution in [3.8, 4) is 0 Å². The fourth-order valence-electron chi connectivity index (χ4n) is 4.77. The molecule has 5 nitrogen and oxygen atoms in total. The lowest BCUT2D eigenvalue weighted by Crippen LogP contribution is -2.47. The summed E-state index contributed by atoms with van der Waals surface area (Å²) in [5.41, 5.74) is 2.04. The molecule has 0 bridgehead atoms.